The second kappa shape index (κ2) is 14.4. The molecule has 0 saturated carbocycles. The number of carbonyl (C=O) groups is 2. The molecule has 0 aromatic heterocycles. The van der Waals surface area contributed by atoms with E-state index < -0.39 is 28.5 Å². The maximum atomic E-state index is 14.5. The van der Waals surface area contributed by atoms with Crippen LogP contribution in [0.1, 0.15) is 41.7 Å². The van der Waals surface area contributed by atoms with Crippen LogP contribution in [0.25, 0.3) is 0 Å². The van der Waals surface area contributed by atoms with Gasteiger partial charge in [0.05, 0.1) is 10.6 Å². The van der Waals surface area contributed by atoms with Gasteiger partial charge in [0.25, 0.3) is 10.0 Å². The molecule has 44 heavy (non-hydrogen) atoms. The number of hydrogen-bond donors (Lipinski definition) is 1. The number of rotatable bonds is 12. The molecule has 0 spiro atoms. The molecule has 0 aliphatic carbocycles. The summed E-state index contributed by atoms with van der Waals surface area (Å²) in [5.74, 6) is -0.780. The summed E-state index contributed by atoms with van der Waals surface area (Å²) >= 11 is 0. The highest BCUT2D eigenvalue weighted by Crippen LogP contribution is 2.27. The van der Waals surface area contributed by atoms with Crippen molar-refractivity contribution in [3.05, 3.63) is 131 Å². The van der Waals surface area contributed by atoms with Gasteiger partial charge >= 0.3 is 0 Å². The van der Waals surface area contributed by atoms with Crippen molar-refractivity contribution < 1.29 is 18.0 Å². The summed E-state index contributed by atoms with van der Waals surface area (Å²) in [4.78, 5) is 29.9. The number of carbonyl (C=O) groups excluding carboxylic acids is 2. The van der Waals surface area contributed by atoms with Crippen LogP contribution in [-0.4, -0.2) is 43.8 Å². The fourth-order valence-electron chi connectivity index (χ4n) is 5.07. The zero-order valence-corrected chi connectivity index (χ0v) is 26.8. The quantitative estimate of drug-likeness (QED) is 0.214. The van der Waals surface area contributed by atoms with Crippen LogP contribution < -0.4 is 9.62 Å². The Kier molecular flexibility index (Phi) is 10.6. The van der Waals surface area contributed by atoms with Gasteiger partial charge < -0.3 is 10.2 Å². The van der Waals surface area contributed by atoms with Crippen molar-refractivity contribution in [2.24, 2.45) is 0 Å². The van der Waals surface area contributed by atoms with Gasteiger partial charge in [0.1, 0.15) is 12.6 Å². The number of benzene rings is 4. The summed E-state index contributed by atoms with van der Waals surface area (Å²) < 4.78 is 29.4. The van der Waals surface area contributed by atoms with Gasteiger partial charge in [-0.2, -0.15) is 0 Å². The zero-order chi connectivity index (χ0) is 31.9. The molecule has 4 rings (SSSR count). The Morgan fingerprint density at radius 2 is 1.39 bits per heavy atom. The Morgan fingerprint density at radius 1 is 0.750 bits per heavy atom. The number of nitrogens with zero attached hydrogens (tertiary/aromatic N) is 2. The third-order valence-electron chi connectivity index (χ3n) is 7.53. The van der Waals surface area contributed by atoms with Crippen LogP contribution in [0.4, 0.5) is 5.69 Å². The van der Waals surface area contributed by atoms with Crippen molar-refractivity contribution in [1.82, 2.24) is 10.2 Å². The molecule has 8 heteroatoms. The molecule has 0 saturated heterocycles. The first-order valence-electron chi connectivity index (χ1n) is 14.8. The highest BCUT2D eigenvalue weighted by molar-refractivity contribution is 7.92. The maximum absolute atomic E-state index is 14.5. The van der Waals surface area contributed by atoms with E-state index in [0.29, 0.717) is 5.69 Å². The monoisotopic (exact) mass is 611 g/mol. The summed E-state index contributed by atoms with van der Waals surface area (Å²) in [7, 11) is -4.13. The van der Waals surface area contributed by atoms with E-state index in [0.717, 1.165) is 32.1 Å². The van der Waals surface area contributed by atoms with Gasteiger partial charge in [0.15, 0.2) is 0 Å². The van der Waals surface area contributed by atoms with E-state index >= 15 is 0 Å². The van der Waals surface area contributed by atoms with Gasteiger partial charge in [-0.05, 0) is 81.1 Å². The minimum Gasteiger partial charge on any atom is -0.352 e. The predicted molar refractivity (Wildman–Crippen MR) is 176 cm³/mol. The summed E-state index contributed by atoms with van der Waals surface area (Å²) in [5, 5.41) is 2.99. The van der Waals surface area contributed by atoms with E-state index in [1.807, 2.05) is 95.3 Å². The number of sulfonamides is 1. The van der Waals surface area contributed by atoms with Gasteiger partial charge in [-0.15, -0.1) is 0 Å². The van der Waals surface area contributed by atoms with Crippen molar-refractivity contribution in [2.75, 3.05) is 10.8 Å². The molecule has 0 aliphatic heterocycles. The van der Waals surface area contributed by atoms with E-state index in [-0.39, 0.29) is 29.8 Å². The first kappa shape index (κ1) is 32.5. The summed E-state index contributed by atoms with van der Waals surface area (Å²) in [5.41, 5.74) is 5.04. The Hall–Kier alpha value is -4.43. The standard InChI is InChI=1S/C36H41N3O4S/c1-26(2)37-36(41)34(23-30-14-8-6-9-15-30)38(24-31-16-12-13-27(3)21-31)35(40)25-39(32-20-19-28(4)29(5)22-32)44(42,43)33-17-10-7-11-18-33/h6-22,26,34H,23-25H2,1-5H3,(H,37,41)/t34-/m1/s1. The molecule has 2 amide bonds. The lowest BCUT2D eigenvalue weighted by Crippen LogP contribution is -2.54. The van der Waals surface area contributed by atoms with E-state index in [1.54, 1.807) is 30.3 Å². The topological polar surface area (TPSA) is 86.8 Å². The lowest BCUT2D eigenvalue weighted by atomic mass is 10.0. The zero-order valence-electron chi connectivity index (χ0n) is 26.0. The average molecular weight is 612 g/mol. The highest BCUT2D eigenvalue weighted by Gasteiger charge is 2.35. The first-order valence-corrected chi connectivity index (χ1v) is 16.2. The van der Waals surface area contributed by atoms with Gasteiger partial charge in [-0.1, -0.05) is 84.4 Å². The Balaban J connectivity index is 1.82. The SMILES string of the molecule is Cc1cccc(CN(C(=O)CN(c2ccc(C)c(C)c2)S(=O)(=O)c2ccccc2)[C@H](Cc2ccccc2)C(=O)NC(C)C)c1. The second-order valence-corrected chi connectivity index (χ2v) is 13.3. The Labute approximate surface area is 261 Å². The molecule has 1 atom stereocenters. The largest absolute Gasteiger partial charge is 0.352 e. The van der Waals surface area contributed by atoms with Gasteiger partial charge in [-0.25, -0.2) is 8.42 Å². The molecule has 4 aromatic carbocycles. The Morgan fingerprint density at radius 3 is 2.00 bits per heavy atom. The van der Waals surface area contributed by atoms with Crippen LogP contribution in [0.5, 0.6) is 0 Å². The fraction of sp³-hybridized carbons (Fsp3) is 0.278. The highest BCUT2D eigenvalue weighted by atomic mass is 32.2. The van der Waals surface area contributed by atoms with Crippen LogP contribution in [-0.2, 0) is 32.6 Å². The molecular formula is C36H41N3O4S. The number of anilines is 1. The van der Waals surface area contributed by atoms with Crippen molar-refractivity contribution in [1.29, 1.82) is 0 Å². The minimum atomic E-state index is -4.13. The second-order valence-electron chi connectivity index (χ2n) is 11.5. The fourth-order valence-corrected chi connectivity index (χ4v) is 6.50. The van der Waals surface area contributed by atoms with Crippen molar-refractivity contribution in [3.63, 3.8) is 0 Å². The van der Waals surface area contributed by atoms with Gasteiger partial charge in [0, 0.05) is 19.0 Å². The van der Waals surface area contributed by atoms with Crippen molar-refractivity contribution in [3.8, 4) is 0 Å². The summed E-state index contributed by atoms with van der Waals surface area (Å²) in [6.45, 7) is 9.23. The number of hydrogen-bond acceptors (Lipinski definition) is 4. The molecule has 230 valence electrons. The molecule has 0 aliphatic rings. The number of nitrogens with one attached hydrogen (secondary N) is 1. The molecule has 0 fully saturated rings. The molecule has 0 bridgehead atoms. The first-order chi connectivity index (χ1) is 21.0. The third kappa shape index (κ3) is 8.14. The normalized spacial score (nSPS) is 12.0. The molecule has 7 nitrogen and oxygen atoms in total. The molecule has 0 radical (unpaired) electrons. The summed E-state index contributed by atoms with van der Waals surface area (Å²) in [6, 6.07) is 29.7. The van der Waals surface area contributed by atoms with E-state index in [9.17, 15) is 18.0 Å². The smallest absolute Gasteiger partial charge is 0.264 e. The molecule has 1 N–H and O–H groups in total. The molecular weight excluding hydrogens is 570 g/mol. The van der Waals surface area contributed by atoms with Gasteiger partial charge in [-0.3, -0.25) is 13.9 Å². The predicted octanol–water partition coefficient (Wildman–Crippen LogP) is 5.97. The average Bonchev–Trinajstić information content (AvgIpc) is 2.99. The van der Waals surface area contributed by atoms with Gasteiger partial charge in [0.2, 0.25) is 11.8 Å². The lowest BCUT2D eigenvalue weighted by molar-refractivity contribution is -0.140. The maximum Gasteiger partial charge on any atom is 0.264 e. The molecule has 4 aromatic rings. The lowest BCUT2D eigenvalue weighted by Gasteiger charge is -2.34. The van der Waals surface area contributed by atoms with E-state index in [1.165, 1.54) is 17.0 Å². The van der Waals surface area contributed by atoms with Crippen LogP contribution in [0, 0.1) is 20.8 Å². The Bertz CT molecular complexity index is 1690. The number of aryl methyl sites for hydroxylation is 3. The molecule has 0 heterocycles. The van der Waals surface area contributed by atoms with Crippen LogP contribution in [0.2, 0.25) is 0 Å². The third-order valence-corrected chi connectivity index (χ3v) is 9.31. The molecule has 0 unspecified atom stereocenters. The van der Waals surface area contributed by atoms with E-state index in [2.05, 4.69) is 5.32 Å². The van der Waals surface area contributed by atoms with Crippen molar-refractivity contribution >= 4 is 27.5 Å². The van der Waals surface area contributed by atoms with Crippen LogP contribution in [0.3, 0.4) is 0 Å². The minimum absolute atomic E-state index is 0.0784. The van der Waals surface area contributed by atoms with Crippen LogP contribution in [0.15, 0.2) is 108 Å². The summed E-state index contributed by atoms with van der Waals surface area (Å²) in [6.07, 6.45) is 0.270. The van der Waals surface area contributed by atoms with E-state index in [4.69, 9.17) is 0 Å². The van der Waals surface area contributed by atoms with Crippen molar-refractivity contribution in [2.45, 2.75) is 64.6 Å². The number of amides is 2. The van der Waals surface area contributed by atoms with Crippen LogP contribution >= 0.6 is 0 Å².